The molecule has 0 spiro atoms. The van der Waals surface area contributed by atoms with E-state index in [2.05, 4.69) is 58.9 Å². The summed E-state index contributed by atoms with van der Waals surface area (Å²) in [5.74, 6) is 0.285. The first kappa shape index (κ1) is 18.0. The van der Waals surface area contributed by atoms with E-state index in [0.29, 0.717) is 0 Å². The third-order valence-electron chi connectivity index (χ3n) is 5.43. The molecule has 0 N–H and O–H groups in total. The highest BCUT2D eigenvalue weighted by molar-refractivity contribution is 5.51. The van der Waals surface area contributed by atoms with Crippen molar-refractivity contribution in [1.29, 1.82) is 0 Å². The Morgan fingerprint density at radius 2 is 1.42 bits per heavy atom. The van der Waals surface area contributed by atoms with Gasteiger partial charge in [0.25, 0.3) is 0 Å². The molecule has 2 aromatic rings. The molecule has 0 aliphatic heterocycles. The van der Waals surface area contributed by atoms with Gasteiger partial charge in [-0.3, -0.25) is 10.1 Å². The lowest BCUT2D eigenvalue weighted by atomic mass is 9.61. The van der Waals surface area contributed by atoms with Gasteiger partial charge in [-0.2, -0.15) is 0 Å². The molecule has 0 aliphatic carbocycles. The number of nitro benzene ring substituents is 1. The van der Waals surface area contributed by atoms with Gasteiger partial charge in [0.15, 0.2) is 5.75 Å². The third-order valence-corrected chi connectivity index (χ3v) is 5.43. The third kappa shape index (κ3) is 3.01. The fourth-order valence-electron chi connectivity index (χ4n) is 2.91. The molecule has 0 radical (unpaired) electrons. The Balaban J connectivity index is 2.54. The summed E-state index contributed by atoms with van der Waals surface area (Å²) < 4.78 is 5.12. The van der Waals surface area contributed by atoms with Gasteiger partial charge in [-0.05, 0) is 34.9 Å². The Morgan fingerprint density at radius 1 is 0.917 bits per heavy atom. The van der Waals surface area contributed by atoms with E-state index in [9.17, 15) is 10.1 Å². The first-order valence-electron chi connectivity index (χ1n) is 8.01. The van der Waals surface area contributed by atoms with Gasteiger partial charge in [-0.1, -0.05) is 63.6 Å². The quantitative estimate of drug-likeness (QED) is 0.562. The minimum atomic E-state index is -0.392. The number of nitro groups is 1. The van der Waals surface area contributed by atoms with Crippen LogP contribution in [0.2, 0.25) is 0 Å². The topological polar surface area (TPSA) is 52.4 Å². The highest BCUT2D eigenvalue weighted by atomic mass is 16.6. The zero-order valence-electron chi connectivity index (χ0n) is 15.2. The molecule has 0 saturated carbocycles. The number of rotatable bonds is 5. The van der Waals surface area contributed by atoms with Crippen LogP contribution in [0.15, 0.2) is 42.5 Å². The number of benzene rings is 2. The van der Waals surface area contributed by atoms with Gasteiger partial charge in [0.05, 0.1) is 12.0 Å². The lowest BCUT2D eigenvalue weighted by Gasteiger charge is -2.43. The van der Waals surface area contributed by atoms with Crippen molar-refractivity contribution in [1.82, 2.24) is 0 Å². The highest BCUT2D eigenvalue weighted by Crippen LogP contribution is 2.45. The lowest BCUT2D eigenvalue weighted by Crippen LogP contribution is -2.40. The van der Waals surface area contributed by atoms with Gasteiger partial charge >= 0.3 is 5.69 Å². The Morgan fingerprint density at radius 3 is 1.92 bits per heavy atom. The van der Waals surface area contributed by atoms with E-state index in [1.54, 1.807) is 12.1 Å². The minimum absolute atomic E-state index is 0.00258. The first-order valence-corrected chi connectivity index (χ1v) is 8.01. The molecule has 0 aromatic heterocycles. The van der Waals surface area contributed by atoms with Gasteiger partial charge in [0.2, 0.25) is 0 Å². The molecular weight excluding hydrogens is 302 g/mol. The summed E-state index contributed by atoms with van der Waals surface area (Å²) in [5, 5.41) is 11.3. The minimum Gasteiger partial charge on any atom is -0.490 e. The predicted octanol–water partition coefficient (Wildman–Crippen LogP) is 5.17. The van der Waals surface area contributed by atoms with Crippen molar-refractivity contribution >= 4 is 5.69 Å². The van der Waals surface area contributed by atoms with Crippen LogP contribution < -0.4 is 4.74 Å². The molecule has 4 heteroatoms. The van der Waals surface area contributed by atoms with Crippen molar-refractivity contribution < 1.29 is 9.66 Å². The summed E-state index contributed by atoms with van der Waals surface area (Å²) in [7, 11) is 1.45. The maximum atomic E-state index is 11.3. The molecule has 128 valence electrons. The predicted molar refractivity (Wildman–Crippen MR) is 96.9 cm³/mol. The summed E-state index contributed by atoms with van der Waals surface area (Å²) in [5.41, 5.74) is 2.83. The van der Waals surface area contributed by atoms with Crippen LogP contribution >= 0.6 is 0 Å². The van der Waals surface area contributed by atoms with Gasteiger partial charge in [0.1, 0.15) is 0 Å². The average Bonchev–Trinajstić information content (AvgIpc) is 2.54. The zero-order chi connectivity index (χ0) is 18.1. The van der Waals surface area contributed by atoms with Crippen LogP contribution in [0.1, 0.15) is 44.4 Å². The second-order valence-electron chi connectivity index (χ2n) is 7.26. The highest BCUT2D eigenvalue weighted by Gasteiger charge is 2.40. The van der Waals surface area contributed by atoms with Crippen LogP contribution in [-0.4, -0.2) is 12.0 Å². The molecule has 0 heterocycles. The molecule has 0 aliphatic rings. The second-order valence-corrected chi connectivity index (χ2v) is 7.26. The van der Waals surface area contributed by atoms with Crippen molar-refractivity contribution in [3.8, 4) is 5.75 Å². The molecule has 2 rings (SSSR count). The van der Waals surface area contributed by atoms with Gasteiger partial charge in [-0.15, -0.1) is 0 Å². The molecule has 0 saturated heterocycles. The first-order chi connectivity index (χ1) is 11.1. The van der Waals surface area contributed by atoms with E-state index in [4.69, 9.17) is 4.74 Å². The van der Waals surface area contributed by atoms with Crippen LogP contribution in [0.25, 0.3) is 0 Å². The number of aryl methyl sites for hydroxylation is 1. The van der Waals surface area contributed by atoms with E-state index in [1.807, 2.05) is 6.07 Å². The summed E-state index contributed by atoms with van der Waals surface area (Å²) in [6.07, 6.45) is 0. The molecule has 0 atom stereocenters. The van der Waals surface area contributed by atoms with Gasteiger partial charge in [0, 0.05) is 6.07 Å². The van der Waals surface area contributed by atoms with Crippen LogP contribution in [0.5, 0.6) is 5.75 Å². The van der Waals surface area contributed by atoms with Crippen LogP contribution in [0, 0.1) is 17.0 Å². The molecule has 0 amide bonds. The monoisotopic (exact) mass is 327 g/mol. The van der Waals surface area contributed by atoms with E-state index >= 15 is 0 Å². The van der Waals surface area contributed by atoms with Crippen molar-refractivity contribution in [3.63, 3.8) is 0 Å². The molecule has 0 bridgehead atoms. The van der Waals surface area contributed by atoms with Gasteiger partial charge in [-0.25, -0.2) is 0 Å². The molecule has 4 nitrogen and oxygen atoms in total. The molecule has 2 aromatic carbocycles. The second kappa shape index (κ2) is 6.27. The Hall–Kier alpha value is -2.36. The summed E-state index contributed by atoms with van der Waals surface area (Å²) >= 11 is 0. The molecule has 0 unspecified atom stereocenters. The summed E-state index contributed by atoms with van der Waals surface area (Å²) in [6, 6.07) is 13.7. The zero-order valence-corrected chi connectivity index (χ0v) is 15.2. The largest absolute Gasteiger partial charge is 0.490 e. The maximum Gasteiger partial charge on any atom is 0.311 e. The Labute approximate surface area is 143 Å². The maximum absolute atomic E-state index is 11.3. The van der Waals surface area contributed by atoms with E-state index in [-0.39, 0.29) is 22.3 Å². The van der Waals surface area contributed by atoms with Crippen molar-refractivity contribution in [2.45, 2.75) is 45.4 Å². The van der Waals surface area contributed by atoms with Gasteiger partial charge < -0.3 is 4.74 Å². The number of hydrogen-bond donors (Lipinski definition) is 0. The molecular formula is C20H25NO3. The molecule has 0 fully saturated rings. The van der Waals surface area contributed by atoms with E-state index in [1.165, 1.54) is 18.2 Å². The number of hydrogen-bond acceptors (Lipinski definition) is 3. The van der Waals surface area contributed by atoms with Crippen LogP contribution in [0.4, 0.5) is 5.69 Å². The average molecular weight is 327 g/mol. The number of methoxy groups -OCH3 is 1. The summed E-state index contributed by atoms with van der Waals surface area (Å²) in [6.45, 7) is 10.7. The number of ether oxygens (including phenoxy) is 1. The van der Waals surface area contributed by atoms with E-state index in [0.717, 1.165) is 5.56 Å². The van der Waals surface area contributed by atoms with Crippen LogP contribution in [0.3, 0.4) is 0 Å². The van der Waals surface area contributed by atoms with Crippen molar-refractivity contribution in [2.24, 2.45) is 0 Å². The fraction of sp³-hybridized carbons (Fsp3) is 0.400. The SMILES string of the molecule is COc1ccc(C(C)(C)C(C)(C)c2ccc(C)cc2)cc1[N+](=O)[O-]. The Kier molecular flexibility index (Phi) is 4.70. The molecule has 24 heavy (non-hydrogen) atoms. The van der Waals surface area contributed by atoms with Crippen molar-refractivity contribution in [3.05, 3.63) is 69.3 Å². The standard InChI is InChI=1S/C20H25NO3/c1-14-7-9-15(10-8-14)19(2,3)20(4,5)16-11-12-18(24-6)17(13-16)21(22)23/h7-13H,1-6H3. The summed E-state index contributed by atoms with van der Waals surface area (Å²) in [4.78, 5) is 11.0. The van der Waals surface area contributed by atoms with Crippen molar-refractivity contribution in [2.75, 3.05) is 7.11 Å². The van der Waals surface area contributed by atoms with E-state index < -0.39 is 4.92 Å². The number of nitrogens with zero attached hydrogens (tertiary/aromatic N) is 1. The smallest absolute Gasteiger partial charge is 0.311 e. The lowest BCUT2D eigenvalue weighted by molar-refractivity contribution is -0.385. The fourth-order valence-corrected chi connectivity index (χ4v) is 2.91. The van der Waals surface area contributed by atoms with Crippen LogP contribution in [-0.2, 0) is 10.8 Å². The normalized spacial score (nSPS) is 12.1. The Bertz CT molecular complexity index is 746.